The van der Waals surface area contributed by atoms with E-state index in [1.54, 1.807) is 6.92 Å². The molecular weight excluding hydrogens is 272 g/mol. The van der Waals surface area contributed by atoms with Gasteiger partial charge in [-0.1, -0.05) is 12.2 Å². The molecule has 1 aromatic rings. The van der Waals surface area contributed by atoms with Crippen LogP contribution in [0.15, 0.2) is 12.1 Å². The van der Waals surface area contributed by atoms with E-state index in [1.165, 1.54) is 11.9 Å². The Morgan fingerprint density at radius 1 is 1.42 bits per heavy atom. The van der Waals surface area contributed by atoms with Crippen LogP contribution in [-0.2, 0) is 4.79 Å². The Morgan fingerprint density at radius 2 is 1.95 bits per heavy atom. The van der Waals surface area contributed by atoms with Crippen LogP contribution in [0.4, 0.5) is 14.5 Å². The third kappa shape index (κ3) is 3.60. The highest BCUT2D eigenvalue weighted by Gasteiger charge is 2.19. The fourth-order valence-electron chi connectivity index (χ4n) is 1.61. The molecule has 0 aromatic heterocycles. The summed E-state index contributed by atoms with van der Waals surface area (Å²) in [5.74, 6) is -1.93. The Hall–Kier alpha value is -1.76. The van der Waals surface area contributed by atoms with Crippen LogP contribution in [0.3, 0.4) is 0 Å². The summed E-state index contributed by atoms with van der Waals surface area (Å²) in [4.78, 5) is 12.5. The molecule has 7 heteroatoms. The standard InChI is InChI=1S/C12H15F2N3OS/c1-3-17(6-10(18)16-2)11-8(13)4-7(12(15)19)5-9(11)14/h4-5H,3,6H2,1-2H3,(H2,15,19)(H,16,18). The van der Waals surface area contributed by atoms with Gasteiger partial charge in [0.1, 0.15) is 22.3 Å². The van der Waals surface area contributed by atoms with Gasteiger partial charge in [0.2, 0.25) is 5.91 Å². The minimum Gasteiger partial charge on any atom is -0.389 e. The average Bonchev–Trinajstić information content (AvgIpc) is 2.35. The Bertz CT molecular complexity index is 485. The molecule has 1 rings (SSSR count). The summed E-state index contributed by atoms with van der Waals surface area (Å²) < 4.78 is 27.9. The van der Waals surface area contributed by atoms with Gasteiger partial charge in [0.05, 0.1) is 6.54 Å². The van der Waals surface area contributed by atoms with Gasteiger partial charge in [0, 0.05) is 19.2 Å². The first-order chi connectivity index (χ1) is 8.90. The Labute approximate surface area is 115 Å². The number of amides is 1. The smallest absolute Gasteiger partial charge is 0.239 e. The average molecular weight is 287 g/mol. The van der Waals surface area contributed by atoms with Gasteiger partial charge in [0.15, 0.2) is 0 Å². The zero-order chi connectivity index (χ0) is 14.6. The number of nitrogens with zero attached hydrogens (tertiary/aromatic N) is 1. The number of rotatable bonds is 5. The first-order valence-electron chi connectivity index (χ1n) is 5.65. The Balaban J connectivity index is 3.17. The molecule has 1 amide bonds. The lowest BCUT2D eigenvalue weighted by molar-refractivity contribution is -0.119. The molecular formula is C12H15F2N3OS. The molecule has 0 heterocycles. The number of hydrogen-bond donors (Lipinski definition) is 2. The van der Waals surface area contributed by atoms with Crippen molar-refractivity contribution < 1.29 is 13.6 Å². The number of likely N-dealkylation sites (N-methyl/N-ethyl adjacent to an activating group) is 2. The van der Waals surface area contributed by atoms with Crippen molar-refractivity contribution >= 4 is 28.8 Å². The first kappa shape index (κ1) is 15.3. The van der Waals surface area contributed by atoms with Gasteiger partial charge < -0.3 is 16.0 Å². The van der Waals surface area contributed by atoms with E-state index in [0.717, 1.165) is 12.1 Å². The number of nitrogens with one attached hydrogen (secondary N) is 1. The monoisotopic (exact) mass is 287 g/mol. The summed E-state index contributed by atoms with van der Waals surface area (Å²) in [6, 6.07) is 2.13. The zero-order valence-corrected chi connectivity index (χ0v) is 11.5. The van der Waals surface area contributed by atoms with Crippen LogP contribution < -0.4 is 16.0 Å². The zero-order valence-electron chi connectivity index (χ0n) is 10.7. The number of benzene rings is 1. The van der Waals surface area contributed by atoms with Crippen molar-refractivity contribution in [1.29, 1.82) is 0 Å². The van der Waals surface area contributed by atoms with Crippen LogP contribution in [0, 0.1) is 11.6 Å². The second-order valence-electron chi connectivity index (χ2n) is 3.84. The highest BCUT2D eigenvalue weighted by Crippen LogP contribution is 2.24. The lowest BCUT2D eigenvalue weighted by atomic mass is 10.1. The van der Waals surface area contributed by atoms with Crippen LogP contribution in [0.1, 0.15) is 12.5 Å². The lowest BCUT2D eigenvalue weighted by Gasteiger charge is -2.23. The van der Waals surface area contributed by atoms with Crippen LogP contribution in [0.25, 0.3) is 0 Å². The molecule has 19 heavy (non-hydrogen) atoms. The van der Waals surface area contributed by atoms with Crippen molar-refractivity contribution in [3.05, 3.63) is 29.3 Å². The maximum absolute atomic E-state index is 13.9. The van der Waals surface area contributed by atoms with Crippen molar-refractivity contribution in [2.24, 2.45) is 5.73 Å². The number of hydrogen-bond acceptors (Lipinski definition) is 3. The van der Waals surface area contributed by atoms with Gasteiger partial charge >= 0.3 is 0 Å². The van der Waals surface area contributed by atoms with Gasteiger partial charge in [0.25, 0.3) is 0 Å². The summed E-state index contributed by atoms with van der Waals surface area (Å²) in [5.41, 5.74) is 5.19. The third-order valence-corrected chi connectivity index (χ3v) is 2.85. The maximum Gasteiger partial charge on any atom is 0.239 e. The number of thiocarbonyl (C=S) groups is 1. The molecule has 0 saturated carbocycles. The molecule has 0 aliphatic rings. The molecule has 3 N–H and O–H groups in total. The minimum atomic E-state index is -0.798. The van der Waals surface area contributed by atoms with Crippen LogP contribution in [0.5, 0.6) is 0 Å². The third-order valence-electron chi connectivity index (χ3n) is 2.61. The summed E-state index contributed by atoms with van der Waals surface area (Å²) in [5, 5.41) is 2.40. The summed E-state index contributed by atoms with van der Waals surface area (Å²) in [7, 11) is 1.46. The van der Waals surface area contributed by atoms with E-state index >= 15 is 0 Å². The highest BCUT2D eigenvalue weighted by atomic mass is 32.1. The molecule has 0 saturated heterocycles. The summed E-state index contributed by atoms with van der Waals surface area (Å²) in [6.07, 6.45) is 0. The molecule has 1 aromatic carbocycles. The number of halogens is 2. The predicted octanol–water partition coefficient (Wildman–Crippen LogP) is 1.17. The van der Waals surface area contributed by atoms with Gasteiger partial charge in [-0.3, -0.25) is 4.79 Å². The van der Waals surface area contributed by atoms with Crippen molar-refractivity contribution in [1.82, 2.24) is 5.32 Å². The molecule has 0 bridgehead atoms. The van der Waals surface area contributed by atoms with Crippen molar-refractivity contribution in [2.45, 2.75) is 6.92 Å². The minimum absolute atomic E-state index is 0.0845. The molecule has 4 nitrogen and oxygen atoms in total. The fraction of sp³-hybridized carbons (Fsp3) is 0.333. The molecule has 0 aliphatic heterocycles. The molecule has 0 aliphatic carbocycles. The largest absolute Gasteiger partial charge is 0.389 e. The van der Waals surface area contributed by atoms with Gasteiger partial charge in [-0.25, -0.2) is 8.78 Å². The van der Waals surface area contributed by atoms with E-state index in [-0.39, 0.29) is 35.2 Å². The van der Waals surface area contributed by atoms with E-state index in [1.807, 2.05) is 0 Å². The Kier molecular flexibility index (Phi) is 5.17. The lowest BCUT2D eigenvalue weighted by Crippen LogP contribution is -2.36. The van der Waals surface area contributed by atoms with Gasteiger partial charge in [-0.2, -0.15) is 0 Å². The van der Waals surface area contributed by atoms with Crippen molar-refractivity contribution in [2.75, 3.05) is 25.0 Å². The van der Waals surface area contributed by atoms with Crippen LogP contribution in [0.2, 0.25) is 0 Å². The van der Waals surface area contributed by atoms with E-state index < -0.39 is 11.6 Å². The maximum atomic E-state index is 13.9. The molecule has 0 fully saturated rings. The predicted molar refractivity (Wildman–Crippen MR) is 74.2 cm³/mol. The Morgan fingerprint density at radius 3 is 2.32 bits per heavy atom. The molecule has 0 radical (unpaired) electrons. The first-order valence-corrected chi connectivity index (χ1v) is 6.05. The number of nitrogens with two attached hydrogens (primary N) is 1. The van der Waals surface area contributed by atoms with E-state index in [4.69, 9.17) is 5.73 Å². The molecule has 104 valence electrons. The van der Waals surface area contributed by atoms with Gasteiger partial charge in [-0.05, 0) is 19.1 Å². The van der Waals surface area contributed by atoms with Crippen molar-refractivity contribution in [3.63, 3.8) is 0 Å². The molecule has 0 spiro atoms. The highest BCUT2D eigenvalue weighted by molar-refractivity contribution is 7.80. The second kappa shape index (κ2) is 6.42. The normalized spacial score (nSPS) is 10.1. The summed E-state index contributed by atoms with van der Waals surface area (Å²) >= 11 is 4.67. The molecule has 0 unspecified atom stereocenters. The summed E-state index contributed by atoms with van der Waals surface area (Å²) in [6.45, 7) is 1.85. The van der Waals surface area contributed by atoms with Crippen molar-refractivity contribution in [3.8, 4) is 0 Å². The van der Waals surface area contributed by atoms with Gasteiger partial charge in [-0.15, -0.1) is 0 Å². The number of carbonyl (C=O) groups is 1. The van der Waals surface area contributed by atoms with E-state index in [2.05, 4.69) is 17.5 Å². The molecule has 0 atom stereocenters. The fourth-order valence-corrected chi connectivity index (χ4v) is 1.73. The topological polar surface area (TPSA) is 58.4 Å². The second-order valence-corrected chi connectivity index (χ2v) is 4.28. The number of carbonyl (C=O) groups excluding carboxylic acids is 1. The SMILES string of the molecule is CCN(CC(=O)NC)c1c(F)cc(C(N)=S)cc1F. The quantitative estimate of drug-likeness (QED) is 0.798. The van der Waals surface area contributed by atoms with E-state index in [0.29, 0.717) is 0 Å². The van der Waals surface area contributed by atoms with Crippen LogP contribution >= 0.6 is 12.2 Å². The van der Waals surface area contributed by atoms with E-state index in [9.17, 15) is 13.6 Å². The van der Waals surface area contributed by atoms with Crippen LogP contribution in [-0.4, -0.2) is 31.0 Å². The number of anilines is 1.